The summed E-state index contributed by atoms with van der Waals surface area (Å²) < 4.78 is 0. The fourth-order valence-electron chi connectivity index (χ4n) is 2.16. The van der Waals surface area contributed by atoms with Gasteiger partial charge in [-0.1, -0.05) is 6.92 Å². The molecule has 1 rings (SSSR count). The molecule has 0 aliphatic carbocycles. The monoisotopic (exact) mass is 257 g/mol. The number of nitrogens with zero attached hydrogens (tertiary/aromatic N) is 1. The number of hydrogen-bond acceptors (Lipinski definition) is 4. The van der Waals surface area contributed by atoms with Gasteiger partial charge in [-0.3, -0.25) is 9.59 Å². The third-order valence-corrected chi connectivity index (χ3v) is 3.12. The van der Waals surface area contributed by atoms with Crippen molar-refractivity contribution in [3.05, 3.63) is 0 Å². The van der Waals surface area contributed by atoms with E-state index in [1.165, 1.54) is 12.8 Å². The van der Waals surface area contributed by atoms with E-state index in [1.54, 1.807) is 0 Å². The topological polar surface area (TPSA) is 95.7 Å². The molecule has 1 amide bonds. The first-order valence-corrected chi connectivity index (χ1v) is 6.46. The zero-order valence-corrected chi connectivity index (χ0v) is 10.9. The van der Waals surface area contributed by atoms with Crippen molar-refractivity contribution in [3.63, 3.8) is 0 Å². The lowest BCUT2D eigenvalue weighted by atomic mass is 10.1. The van der Waals surface area contributed by atoms with Crippen LogP contribution in [-0.4, -0.2) is 54.1 Å². The number of carboxylic acid groups (broad SMARTS) is 1. The lowest BCUT2D eigenvalue weighted by Crippen LogP contribution is -2.44. The minimum atomic E-state index is -1.05. The fourth-order valence-corrected chi connectivity index (χ4v) is 2.16. The lowest BCUT2D eigenvalue weighted by molar-refractivity contribution is -0.139. The van der Waals surface area contributed by atoms with Crippen molar-refractivity contribution in [2.45, 2.75) is 32.2 Å². The summed E-state index contributed by atoms with van der Waals surface area (Å²) in [6, 6.07) is -0.957. The van der Waals surface area contributed by atoms with Crippen molar-refractivity contribution >= 4 is 11.9 Å². The average molecular weight is 257 g/mol. The SMILES string of the molecule is CC(CNC(=O)C(N)CC(=O)O)CN1CCCC1. The van der Waals surface area contributed by atoms with Crippen LogP contribution >= 0.6 is 0 Å². The van der Waals surface area contributed by atoms with E-state index >= 15 is 0 Å². The predicted octanol–water partition coefficient (Wildman–Crippen LogP) is -0.363. The van der Waals surface area contributed by atoms with Crippen LogP contribution in [0.25, 0.3) is 0 Å². The quantitative estimate of drug-likeness (QED) is 0.578. The van der Waals surface area contributed by atoms with Crippen LogP contribution in [-0.2, 0) is 9.59 Å². The molecule has 1 aliphatic rings. The van der Waals surface area contributed by atoms with E-state index in [4.69, 9.17) is 10.8 Å². The Morgan fingerprint density at radius 3 is 2.56 bits per heavy atom. The highest BCUT2D eigenvalue weighted by Gasteiger charge is 2.19. The normalized spacial score (nSPS) is 19.4. The number of aliphatic carboxylic acids is 1. The van der Waals surface area contributed by atoms with Gasteiger partial charge in [0.2, 0.25) is 5.91 Å². The molecule has 0 aromatic rings. The minimum Gasteiger partial charge on any atom is -0.481 e. The van der Waals surface area contributed by atoms with E-state index in [0.717, 1.165) is 19.6 Å². The number of nitrogens with one attached hydrogen (secondary N) is 1. The summed E-state index contributed by atoms with van der Waals surface area (Å²) in [6.07, 6.45) is 2.18. The molecular weight excluding hydrogens is 234 g/mol. The van der Waals surface area contributed by atoms with Gasteiger partial charge in [0.25, 0.3) is 0 Å². The Labute approximate surface area is 108 Å². The molecule has 0 spiro atoms. The first-order chi connectivity index (χ1) is 8.49. The highest BCUT2D eigenvalue weighted by atomic mass is 16.4. The minimum absolute atomic E-state index is 0.327. The van der Waals surface area contributed by atoms with Crippen molar-refractivity contribution < 1.29 is 14.7 Å². The van der Waals surface area contributed by atoms with Crippen molar-refractivity contribution in [1.29, 1.82) is 0 Å². The van der Waals surface area contributed by atoms with Gasteiger partial charge >= 0.3 is 5.97 Å². The molecule has 2 unspecified atom stereocenters. The zero-order valence-electron chi connectivity index (χ0n) is 10.9. The van der Waals surface area contributed by atoms with Crippen molar-refractivity contribution in [2.75, 3.05) is 26.2 Å². The van der Waals surface area contributed by atoms with Crippen molar-refractivity contribution in [3.8, 4) is 0 Å². The van der Waals surface area contributed by atoms with Crippen LogP contribution in [0.1, 0.15) is 26.2 Å². The summed E-state index contributed by atoms with van der Waals surface area (Å²) in [5, 5.41) is 11.2. The van der Waals surface area contributed by atoms with Crippen LogP contribution in [0.15, 0.2) is 0 Å². The van der Waals surface area contributed by atoms with Crippen LogP contribution < -0.4 is 11.1 Å². The summed E-state index contributed by atoms with van der Waals surface area (Å²) in [7, 11) is 0. The summed E-state index contributed by atoms with van der Waals surface area (Å²) in [5.74, 6) is -1.09. The van der Waals surface area contributed by atoms with Gasteiger partial charge in [-0.25, -0.2) is 0 Å². The summed E-state index contributed by atoms with van der Waals surface area (Å²) >= 11 is 0. The average Bonchev–Trinajstić information content (AvgIpc) is 2.77. The number of likely N-dealkylation sites (tertiary alicyclic amines) is 1. The molecule has 0 saturated carbocycles. The van der Waals surface area contributed by atoms with Gasteiger partial charge in [-0.2, -0.15) is 0 Å². The summed E-state index contributed by atoms with van der Waals surface area (Å²) in [6.45, 7) is 5.85. The number of carboxylic acids is 1. The van der Waals surface area contributed by atoms with Gasteiger partial charge in [-0.05, 0) is 31.8 Å². The Kier molecular flexibility index (Phi) is 6.07. The number of amides is 1. The molecule has 1 fully saturated rings. The van der Waals surface area contributed by atoms with E-state index in [1.807, 2.05) is 0 Å². The molecule has 1 aliphatic heterocycles. The molecule has 1 saturated heterocycles. The van der Waals surface area contributed by atoms with Gasteiger partial charge in [0, 0.05) is 13.1 Å². The molecule has 18 heavy (non-hydrogen) atoms. The number of carbonyl (C=O) groups is 2. The molecule has 6 nitrogen and oxygen atoms in total. The maximum Gasteiger partial charge on any atom is 0.305 e. The first kappa shape index (κ1) is 14.9. The number of rotatable bonds is 7. The molecule has 0 bridgehead atoms. The lowest BCUT2D eigenvalue weighted by Gasteiger charge is -2.21. The smallest absolute Gasteiger partial charge is 0.305 e. The predicted molar refractivity (Wildman–Crippen MR) is 68.1 cm³/mol. The third kappa shape index (κ3) is 5.46. The van der Waals surface area contributed by atoms with Crippen molar-refractivity contribution in [1.82, 2.24) is 10.2 Å². The van der Waals surface area contributed by atoms with Gasteiger partial charge in [-0.15, -0.1) is 0 Å². The molecule has 0 radical (unpaired) electrons. The maximum absolute atomic E-state index is 11.5. The van der Waals surface area contributed by atoms with E-state index in [-0.39, 0.29) is 12.3 Å². The highest BCUT2D eigenvalue weighted by Crippen LogP contribution is 2.09. The van der Waals surface area contributed by atoms with Gasteiger partial charge in [0.15, 0.2) is 0 Å². The standard InChI is InChI=1S/C12H23N3O3/c1-9(8-15-4-2-3-5-15)7-14-12(18)10(13)6-11(16)17/h9-10H,2-8,13H2,1H3,(H,14,18)(H,16,17). The molecule has 6 heteroatoms. The second-order valence-electron chi connectivity index (χ2n) is 5.06. The number of hydrogen-bond donors (Lipinski definition) is 3. The number of carbonyl (C=O) groups excluding carboxylic acids is 1. The Morgan fingerprint density at radius 1 is 1.39 bits per heavy atom. The van der Waals surface area contributed by atoms with Crippen LogP contribution in [0.4, 0.5) is 0 Å². The van der Waals surface area contributed by atoms with E-state index < -0.39 is 12.0 Å². The molecule has 2 atom stereocenters. The van der Waals surface area contributed by atoms with Gasteiger partial charge in [0.1, 0.15) is 0 Å². The molecule has 1 heterocycles. The van der Waals surface area contributed by atoms with Crippen LogP contribution in [0.3, 0.4) is 0 Å². The second-order valence-corrected chi connectivity index (χ2v) is 5.06. The zero-order chi connectivity index (χ0) is 13.5. The second kappa shape index (κ2) is 7.33. The van der Waals surface area contributed by atoms with E-state index in [0.29, 0.717) is 12.5 Å². The molecule has 4 N–H and O–H groups in total. The Bertz CT molecular complexity index is 290. The van der Waals surface area contributed by atoms with E-state index in [2.05, 4.69) is 17.1 Å². The Balaban J connectivity index is 2.18. The van der Waals surface area contributed by atoms with Gasteiger partial charge < -0.3 is 21.1 Å². The highest BCUT2D eigenvalue weighted by molar-refractivity contribution is 5.85. The largest absolute Gasteiger partial charge is 0.481 e. The molecule has 0 aromatic carbocycles. The third-order valence-electron chi connectivity index (χ3n) is 3.12. The van der Waals surface area contributed by atoms with Crippen LogP contribution in [0.2, 0.25) is 0 Å². The number of nitrogens with two attached hydrogens (primary N) is 1. The Morgan fingerprint density at radius 2 is 2.00 bits per heavy atom. The first-order valence-electron chi connectivity index (χ1n) is 6.46. The van der Waals surface area contributed by atoms with Crippen LogP contribution in [0, 0.1) is 5.92 Å². The van der Waals surface area contributed by atoms with Crippen LogP contribution in [0.5, 0.6) is 0 Å². The molecule has 0 aromatic heterocycles. The van der Waals surface area contributed by atoms with Gasteiger partial charge in [0.05, 0.1) is 12.5 Å². The fraction of sp³-hybridized carbons (Fsp3) is 0.833. The van der Waals surface area contributed by atoms with E-state index in [9.17, 15) is 9.59 Å². The Hall–Kier alpha value is -1.14. The molecular formula is C12H23N3O3. The summed E-state index contributed by atoms with van der Waals surface area (Å²) in [5.41, 5.74) is 5.46. The summed E-state index contributed by atoms with van der Waals surface area (Å²) in [4.78, 5) is 24.3. The molecule has 104 valence electrons. The maximum atomic E-state index is 11.5. The van der Waals surface area contributed by atoms with Crippen molar-refractivity contribution in [2.24, 2.45) is 11.7 Å².